The predicted octanol–water partition coefficient (Wildman–Crippen LogP) is 2.14. The van der Waals surface area contributed by atoms with Crippen molar-refractivity contribution < 1.29 is 9.26 Å². The lowest BCUT2D eigenvalue weighted by Gasteiger charge is -2.37. The van der Waals surface area contributed by atoms with Gasteiger partial charge >= 0.3 is 0 Å². The Morgan fingerprint density at radius 2 is 2.18 bits per heavy atom. The van der Waals surface area contributed by atoms with E-state index in [4.69, 9.17) is 15.0 Å². The highest BCUT2D eigenvalue weighted by atomic mass is 16.5. The SMILES string of the molecule is COC1(c2noc([C@H](N)CC(C)C)n2)CCC1. The minimum atomic E-state index is -0.320. The second-order valence-corrected chi connectivity index (χ2v) is 5.24. The van der Waals surface area contributed by atoms with Crippen LogP contribution in [0.4, 0.5) is 0 Å². The first-order valence-electron chi connectivity index (χ1n) is 6.22. The van der Waals surface area contributed by atoms with Gasteiger partial charge in [0, 0.05) is 7.11 Å². The third kappa shape index (κ3) is 2.35. The fourth-order valence-electron chi connectivity index (χ4n) is 2.20. The summed E-state index contributed by atoms with van der Waals surface area (Å²) in [6.45, 7) is 4.25. The third-order valence-corrected chi connectivity index (χ3v) is 3.44. The molecule has 1 aliphatic rings. The highest BCUT2D eigenvalue weighted by molar-refractivity contribution is 5.07. The van der Waals surface area contributed by atoms with Gasteiger partial charge in [-0.05, 0) is 31.6 Å². The van der Waals surface area contributed by atoms with E-state index >= 15 is 0 Å². The van der Waals surface area contributed by atoms with Gasteiger partial charge in [-0.15, -0.1) is 0 Å². The summed E-state index contributed by atoms with van der Waals surface area (Å²) < 4.78 is 10.8. The number of methoxy groups -OCH3 is 1. The summed E-state index contributed by atoms with van der Waals surface area (Å²) in [5.74, 6) is 1.69. The third-order valence-electron chi connectivity index (χ3n) is 3.44. The molecule has 1 fully saturated rings. The van der Waals surface area contributed by atoms with E-state index in [1.54, 1.807) is 7.11 Å². The molecule has 5 heteroatoms. The Labute approximate surface area is 102 Å². The Kier molecular flexibility index (Phi) is 3.49. The number of aromatic nitrogens is 2. The zero-order valence-electron chi connectivity index (χ0n) is 10.8. The molecule has 0 unspecified atom stereocenters. The van der Waals surface area contributed by atoms with E-state index in [1.165, 1.54) is 0 Å². The molecule has 1 aromatic rings. The van der Waals surface area contributed by atoms with Crippen molar-refractivity contribution in [2.75, 3.05) is 7.11 Å². The van der Waals surface area contributed by atoms with Crippen LogP contribution in [0.2, 0.25) is 0 Å². The van der Waals surface area contributed by atoms with Crippen molar-refractivity contribution in [1.29, 1.82) is 0 Å². The lowest BCUT2D eigenvalue weighted by atomic mass is 9.79. The van der Waals surface area contributed by atoms with E-state index in [1.807, 2.05) is 0 Å². The quantitative estimate of drug-likeness (QED) is 0.852. The highest BCUT2D eigenvalue weighted by Gasteiger charge is 2.43. The molecule has 2 rings (SSSR count). The van der Waals surface area contributed by atoms with E-state index in [0.29, 0.717) is 17.6 Å². The molecule has 0 amide bonds. The number of rotatable bonds is 5. The van der Waals surface area contributed by atoms with Crippen molar-refractivity contribution >= 4 is 0 Å². The zero-order chi connectivity index (χ0) is 12.5. The predicted molar refractivity (Wildman–Crippen MR) is 63.2 cm³/mol. The summed E-state index contributed by atoms with van der Waals surface area (Å²) in [5.41, 5.74) is 5.70. The highest BCUT2D eigenvalue weighted by Crippen LogP contribution is 2.42. The van der Waals surface area contributed by atoms with Gasteiger partial charge in [-0.3, -0.25) is 0 Å². The Balaban J connectivity index is 2.10. The number of hydrogen-bond donors (Lipinski definition) is 1. The van der Waals surface area contributed by atoms with E-state index in [0.717, 1.165) is 25.7 Å². The van der Waals surface area contributed by atoms with Gasteiger partial charge in [-0.1, -0.05) is 19.0 Å². The molecular weight excluding hydrogens is 218 g/mol. The van der Waals surface area contributed by atoms with E-state index in [2.05, 4.69) is 24.0 Å². The van der Waals surface area contributed by atoms with Crippen molar-refractivity contribution in [2.24, 2.45) is 11.7 Å². The fraction of sp³-hybridized carbons (Fsp3) is 0.833. The van der Waals surface area contributed by atoms with Crippen LogP contribution in [0.5, 0.6) is 0 Å². The monoisotopic (exact) mass is 239 g/mol. The van der Waals surface area contributed by atoms with Gasteiger partial charge in [-0.2, -0.15) is 4.98 Å². The van der Waals surface area contributed by atoms with E-state index in [9.17, 15) is 0 Å². The molecule has 0 bridgehead atoms. The van der Waals surface area contributed by atoms with Crippen LogP contribution in [0, 0.1) is 5.92 Å². The van der Waals surface area contributed by atoms with Crippen molar-refractivity contribution in [3.05, 3.63) is 11.7 Å². The molecule has 0 aromatic carbocycles. The molecule has 1 atom stereocenters. The molecule has 0 aliphatic heterocycles. The lowest BCUT2D eigenvalue weighted by Crippen LogP contribution is -2.37. The normalized spacial score (nSPS) is 20.3. The Morgan fingerprint density at radius 3 is 2.65 bits per heavy atom. The van der Waals surface area contributed by atoms with Crippen molar-refractivity contribution in [2.45, 2.75) is 51.2 Å². The minimum Gasteiger partial charge on any atom is -0.370 e. The van der Waals surface area contributed by atoms with Gasteiger partial charge < -0.3 is 15.0 Å². The summed E-state index contributed by atoms with van der Waals surface area (Å²) in [6, 6.07) is -0.176. The largest absolute Gasteiger partial charge is 0.370 e. The maximum Gasteiger partial charge on any atom is 0.243 e. The molecule has 1 aliphatic carbocycles. The number of ether oxygens (including phenoxy) is 1. The second kappa shape index (κ2) is 4.74. The van der Waals surface area contributed by atoms with Gasteiger partial charge in [0.25, 0.3) is 0 Å². The lowest BCUT2D eigenvalue weighted by molar-refractivity contribution is -0.0858. The maximum atomic E-state index is 6.02. The molecular formula is C12H21N3O2. The smallest absolute Gasteiger partial charge is 0.243 e. The first-order valence-corrected chi connectivity index (χ1v) is 6.22. The molecule has 2 N–H and O–H groups in total. The van der Waals surface area contributed by atoms with Crippen LogP contribution >= 0.6 is 0 Å². The molecule has 96 valence electrons. The van der Waals surface area contributed by atoms with Crippen LogP contribution in [0.15, 0.2) is 4.52 Å². The molecule has 1 aromatic heterocycles. The van der Waals surface area contributed by atoms with Crippen molar-refractivity contribution in [3.8, 4) is 0 Å². The summed E-state index contributed by atoms with van der Waals surface area (Å²) in [5, 5.41) is 4.02. The zero-order valence-corrected chi connectivity index (χ0v) is 10.8. The topological polar surface area (TPSA) is 74.2 Å². The van der Waals surface area contributed by atoms with Crippen molar-refractivity contribution in [1.82, 2.24) is 10.1 Å². The van der Waals surface area contributed by atoms with Crippen LogP contribution in [0.1, 0.15) is 57.3 Å². The van der Waals surface area contributed by atoms with Gasteiger partial charge in [0.1, 0.15) is 5.60 Å². The second-order valence-electron chi connectivity index (χ2n) is 5.24. The van der Waals surface area contributed by atoms with E-state index in [-0.39, 0.29) is 11.6 Å². The molecule has 0 saturated heterocycles. The van der Waals surface area contributed by atoms with Crippen LogP contribution in [-0.2, 0) is 10.3 Å². The maximum absolute atomic E-state index is 6.02. The fourth-order valence-corrected chi connectivity index (χ4v) is 2.20. The van der Waals surface area contributed by atoms with E-state index < -0.39 is 0 Å². The molecule has 17 heavy (non-hydrogen) atoms. The van der Waals surface area contributed by atoms with Crippen LogP contribution < -0.4 is 5.73 Å². The summed E-state index contributed by atoms with van der Waals surface area (Å²) in [4.78, 5) is 4.40. The molecule has 5 nitrogen and oxygen atoms in total. The summed E-state index contributed by atoms with van der Waals surface area (Å²) in [6.07, 6.45) is 3.92. The number of hydrogen-bond acceptors (Lipinski definition) is 5. The molecule has 0 spiro atoms. The van der Waals surface area contributed by atoms with Gasteiger partial charge in [0.2, 0.25) is 11.7 Å². The van der Waals surface area contributed by atoms with Crippen LogP contribution in [0.25, 0.3) is 0 Å². The van der Waals surface area contributed by atoms with Crippen LogP contribution in [-0.4, -0.2) is 17.3 Å². The standard InChI is InChI=1S/C12H21N3O2/c1-8(2)7-9(13)10-14-11(15-17-10)12(16-3)5-4-6-12/h8-9H,4-7,13H2,1-3H3/t9-/m1/s1. The summed E-state index contributed by atoms with van der Waals surface area (Å²) in [7, 11) is 1.70. The van der Waals surface area contributed by atoms with Gasteiger partial charge in [0.15, 0.2) is 0 Å². The van der Waals surface area contributed by atoms with Crippen molar-refractivity contribution in [3.63, 3.8) is 0 Å². The van der Waals surface area contributed by atoms with Gasteiger partial charge in [0.05, 0.1) is 6.04 Å². The number of nitrogens with zero attached hydrogens (tertiary/aromatic N) is 2. The average Bonchev–Trinajstić information content (AvgIpc) is 2.65. The molecule has 0 radical (unpaired) electrons. The summed E-state index contributed by atoms with van der Waals surface area (Å²) >= 11 is 0. The Hall–Kier alpha value is -0.940. The average molecular weight is 239 g/mol. The minimum absolute atomic E-state index is 0.176. The van der Waals surface area contributed by atoms with Crippen LogP contribution in [0.3, 0.4) is 0 Å². The number of nitrogens with two attached hydrogens (primary N) is 1. The molecule has 1 heterocycles. The molecule has 1 saturated carbocycles. The van der Waals surface area contributed by atoms with Gasteiger partial charge in [-0.25, -0.2) is 0 Å². The Bertz CT molecular complexity index is 366. The first-order chi connectivity index (χ1) is 8.07. The first kappa shape index (κ1) is 12.5. The Morgan fingerprint density at radius 1 is 1.47 bits per heavy atom.